The molecule has 0 radical (unpaired) electrons. The zero-order chi connectivity index (χ0) is 14.3. The second kappa shape index (κ2) is 7.07. The molecule has 0 N–H and O–H groups in total. The molecule has 2 atom stereocenters. The van der Waals surface area contributed by atoms with Gasteiger partial charge in [0.2, 0.25) is 6.03 Å². The van der Waals surface area contributed by atoms with E-state index in [-0.39, 0.29) is 18.4 Å². The molecular weight excluding hydrogens is 271 g/mol. The Kier molecular flexibility index (Phi) is 5.73. The van der Waals surface area contributed by atoms with Crippen molar-refractivity contribution in [3.8, 4) is 5.75 Å². The van der Waals surface area contributed by atoms with Crippen LogP contribution in [0.25, 0.3) is 0 Å². The highest BCUT2D eigenvalue weighted by Gasteiger charge is 2.32. The number of carbonyl (C=O) groups excluding carboxylic acids is 2. The van der Waals surface area contributed by atoms with Gasteiger partial charge in [-0.05, 0) is 26.0 Å². The first-order valence-electron chi connectivity index (χ1n) is 5.66. The smallest absolute Gasteiger partial charge is 0.443 e. The van der Waals surface area contributed by atoms with Crippen LogP contribution >= 0.6 is 7.60 Å². The van der Waals surface area contributed by atoms with Crippen LogP contribution in [0, 0.1) is 0 Å². The largest absolute Gasteiger partial charge is 0.464 e. The topological polar surface area (TPSA) is 78.9 Å². The summed E-state index contributed by atoms with van der Waals surface area (Å²) < 4.78 is 26.6. The van der Waals surface area contributed by atoms with E-state index < -0.39 is 19.7 Å². The molecule has 6 nitrogen and oxygen atoms in total. The molecule has 0 amide bonds. The molecule has 0 aliphatic heterocycles. The van der Waals surface area contributed by atoms with Gasteiger partial charge in [-0.25, -0.2) is 9.36 Å². The molecule has 104 valence electrons. The third kappa shape index (κ3) is 4.85. The van der Waals surface area contributed by atoms with E-state index in [0.29, 0.717) is 0 Å². The summed E-state index contributed by atoms with van der Waals surface area (Å²) in [5, 5.41) is 0. The van der Waals surface area contributed by atoms with E-state index in [1.54, 1.807) is 25.1 Å². The van der Waals surface area contributed by atoms with Crippen molar-refractivity contribution in [2.75, 3.05) is 6.61 Å². The molecule has 0 aliphatic rings. The van der Waals surface area contributed by atoms with E-state index in [4.69, 9.17) is 9.05 Å². The molecule has 1 rings (SSSR count). The number of rotatable bonds is 7. The van der Waals surface area contributed by atoms with E-state index in [1.165, 1.54) is 19.1 Å². The normalized spacial score (nSPS) is 15.1. The predicted molar refractivity (Wildman–Crippen MR) is 68.6 cm³/mol. The molecule has 0 aliphatic carbocycles. The summed E-state index contributed by atoms with van der Waals surface area (Å²) in [6, 6.07) is 8.15. The maximum Gasteiger partial charge on any atom is 0.443 e. The van der Waals surface area contributed by atoms with Gasteiger partial charge in [0, 0.05) is 0 Å². The van der Waals surface area contributed by atoms with E-state index in [9.17, 15) is 14.2 Å². The van der Waals surface area contributed by atoms with Gasteiger partial charge in [-0.3, -0.25) is 9.32 Å². The number of para-hydroxylation sites is 1. The minimum absolute atomic E-state index is 0.0652. The number of benzene rings is 1. The predicted octanol–water partition coefficient (Wildman–Crippen LogP) is 2.42. The van der Waals surface area contributed by atoms with Gasteiger partial charge in [0.1, 0.15) is 5.75 Å². The fourth-order valence-corrected chi connectivity index (χ4v) is 2.30. The Hall–Kier alpha value is -1.65. The number of esters is 1. The highest BCUT2D eigenvalue weighted by molar-refractivity contribution is 7.69. The van der Waals surface area contributed by atoms with Crippen molar-refractivity contribution in [1.82, 2.24) is 0 Å². The zero-order valence-corrected chi connectivity index (χ0v) is 11.5. The van der Waals surface area contributed by atoms with Crippen LogP contribution in [0.4, 0.5) is 0 Å². The van der Waals surface area contributed by atoms with E-state index in [0.717, 1.165) is 0 Å². The summed E-state index contributed by atoms with van der Waals surface area (Å²) in [7, 11) is -4.04. The molecule has 0 fully saturated rings. The van der Waals surface area contributed by atoms with Crippen LogP contribution in [0.3, 0.4) is 0 Å². The van der Waals surface area contributed by atoms with E-state index in [1.807, 2.05) is 0 Å². The van der Waals surface area contributed by atoms with Crippen molar-refractivity contribution in [2.45, 2.75) is 20.0 Å². The molecule has 0 saturated carbocycles. The van der Waals surface area contributed by atoms with Gasteiger partial charge in [-0.2, -0.15) is 0 Å². The maximum atomic E-state index is 12.1. The van der Waals surface area contributed by atoms with Crippen LogP contribution in [0.5, 0.6) is 5.75 Å². The minimum atomic E-state index is -4.04. The van der Waals surface area contributed by atoms with E-state index >= 15 is 0 Å². The summed E-state index contributed by atoms with van der Waals surface area (Å²) in [5.41, 5.74) is 0. The van der Waals surface area contributed by atoms with Crippen molar-refractivity contribution in [3.63, 3.8) is 0 Å². The highest BCUT2D eigenvalue weighted by Crippen LogP contribution is 2.46. The Morgan fingerprint density at radius 3 is 2.53 bits per heavy atom. The molecule has 19 heavy (non-hydrogen) atoms. The maximum absolute atomic E-state index is 12.1. The fourth-order valence-electron chi connectivity index (χ4n) is 1.22. The first-order chi connectivity index (χ1) is 9.00. The number of hydrogen-bond acceptors (Lipinski definition) is 6. The van der Waals surface area contributed by atoms with Crippen molar-refractivity contribution >= 4 is 19.6 Å². The monoisotopic (exact) mass is 286 g/mol. The first kappa shape index (κ1) is 15.4. The van der Waals surface area contributed by atoms with Gasteiger partial charge >= 0.3 is 13.6 Å². The highest BCUT2D eigenvalue weighted by atomic mass is 31.2. The van der Waals surface area contributed by atoms with E-state index in [2.05, 4.69) is 4.74 Å². The Morgan fingerprint density at radius 1 is 1.37 bits per heavy atom. The lowest BCUT2D eigenvalue weighted by Gasteiger charge is -2.17. The Morgan fingerprint density at radius 2 is 2.00 bits per heavy atom. The molecular formula is C12H15O6P. The Labute approximate surface area is 111 Å². The van der Waals surface area contributed by atoms with Crippen molar-refractivity contribution < 1.29 is 27.9 Å². The van der Waals surface area contributed by atoms with Gasteiger partial charge < -0.3 is 9.26 Å². The summed E-state index contributed by atoms with van der Waals surface area (Å²) >= 11 is 0. The lowest BCUT2D eigenvalue weighted by atomic mass is 10.3. The molecule has 0 saturated heterocycles. The molecule has 0 heterocycles. The summed E-state index contributed by atoms with van der Waals surface area (Å²) in [4.78, 5) is 22.2. The molecule has 0 aromatic heterocycles. The Balaban J connectivity index is 2.73. The van der Waals surface area contributed by atoms with Crippen molar-refractivity contribution in [1.29, 1.82) is 0 Å². The van der Waals surface area contributed by atoms with Crippen LogP contribution in [-0.4, -0.2) is 24.7 Å². The average Bonchev–Trinajstić information content (AvgIpc) is 2.40. The lowest BCUT2D eigenvalue weighted by Crippen LogP contribution is -2.23. The van der Waals surface area contributed by atoms with Crippen LogP contribution < -0.4 is 4.52 Å². The van der Waals surface area contributed by atoms with Gasteiger partial charge in [0.05, 0.1) is 6.61 Å². The summed E-state index contributed by atoms with van der Waals surface area (Å²) in [6.07, 6.45) is -1.15. The number of hydrogen-bond donors (Lipinski definition) is 0. The molecule has 1 aromatic rings. The molecule has 0 bridgehead atoms. The second-order valence-electron chi connectivity index (χ2n) is 3.55. The van der Waals surface area contributed by atoms with Crippen molar-refractivity contribution in [2.24, 2.45) is 0 Å². The minimum Gasteiger partial charge on any atom is -0.464 e. The molecule has 1 unspecified atom stereocenters. The van der Waals surface area contributed by atoms with Crippen LogP contribution in [0.1, 0.15) is 13.8 Å². The summed E-state index contributed by atoms with van der Waals surface area (Å²) in [6.45, 7) is 3.13. The molecule has 7 heteroatoms. The SMILES string of the molecule is CCOC(=O)[C@@H](C)OP(=O)(C=O)Oc1ccccc1. The van der Waals surface area contributed by atoms with Gasteiger partial charge in [0.25, 0.3) is 0 Å². The quantitative estimate of drug-likeness (QED) is 0.435. The third-order valence-electron chi connectivity index (χ3n) is 2.03. The van der Waals surface area contributed by atoms with Crippen LogP contribution in [0.2, 0.25) is 0 Å². The summed E-state index contributed by atoms with van der Waals surface area (Å²) in [5.74, 6) is -0.491. The Bertz CT molecular complexity index is 472. The van der Waals surface area contributed by atoms with Crippen molar-refractivity contribution in [3.05, 3.63) is 30.3 Å². The van der Waals surface area contributed by atoms with Gasteiger partial charge in [-0.1, -0.05) is 18.2 Å². The number of carbonyl (C=O) groups is 2. The zero-order valence-electron chi connectivity index (χ0n) is 10.6. The standard InChI is InChI=1S/C12H15O6P/c1-3-16-12(14)10(2)17-19(15,9-13)18-11-7-5-4-6-8-11/h4-10H,3H2,1-2H3/t10-,19?/m1/s1. The molecule has 1 aromatic carbocycles. The van der Waals surface area contributed by atoms with Gasteiger partial charge in [-0.15, -0.1) is 0 Å². The second-order valence-corrected chi connectivity index (χ2v) is 5.23. The molecule has 0 spiro atoms. The van der Waals surface area contributed by atoms with Crippen LogP contribution in [0.15, 0.2) is 30.3 Å². The number of ether oxygens (including phenoxy) is 1. The van der Waals surface area contributed by atoms with Gasteiger partial charge in [0.15, 0.2) is 6.10 Å². The van der Waals surface area contributed by atoms with Crippen LogP contribution in [-0.2, 0) is 23.4 Å². The fraction of sp³-hybridized carbons (Fsp3) is 0.333. The third-order valence-corrected chi connectivity index (χ3v) is 3.36. The first-order valence-corrected chi connectivity index (χ1v) is 7.27. The lowest BCUT2D eigenvalue weighted by molar-refractivity contribution is -0.150. The average molecular weight is 286 g/mol.